The van der Waals surface area contributed by atoms with E-state index in [1.165, 1.54) is 6.07 Å². The Morgan fingerprint density at radius 2 is 1.88 bits per heavy atom. The number of benzene rings is 2. The number of alkyl carbamates (subject to hydrolysis) is 1. The number of aromatic nitrogens is 1. The fraction of sp³-hybridized carbons (Fsp3) is 0.0455. The van der Waals surface area contributed by atoms with Gasteiger partial charge in [-0.05, 0) is 29.1 Å². The molecule has 7 nitrogen and oxygen atoms in total. The highest BCUT2D eigenvalue weighted by atomic mass is 35.5. The maximum Gasteiger partial charge on any atom is 0.415 e. The third kappa shape index (κ3) is 4.08. The van der Waals surface area contributed by atoms with Crippen molar-refractivity contribution in [3.63, 3.8) is 0 Å². The zero-order valence-electron chi connectivity index (χ0n) is 16.2. The second kappa shape index (κ2) is 8.81. The molecule has 0 atom stereocenters. The first-order valence-corrected chi connectivity index (χ1v) is 10.4. The van der Waals surface area contributed by atoms with Crippen molar-refractivity contribution in [1.82, 2.24) is 9.88 Å². The van der Waals surface area contributed by atoms with Crippen molar-refractivity contribution in [2.24, 2.45) is 0 Å². The number of thiophene rings is 1. The van der Waals surface area contributed by atoms with Gasteiger partial charge < -0.3 is 9.84 Å². The van der Waals surface area contributed by atoms with Crippen molar-refractivity contribution in [3.8, 4) is 5.88 Å². The summed E-state index contributed by atoms with van der Waals surface area (Å²) in [5.41, 5.74) is 0.364. The Hall–Kier alpha value is -3.69. The van der Waals surface area contributed by atoms with Gasteiger partial charge in [-0.2, -0.15) is 0 Å². The summed E-state index contributed by atoms with van der Waals surface area (Å²) in [6.07, 6.45) is -1.07. The van der Waals surface area contributed by atoms with Gasteiger partial charge >= 0.3 is 12.1 Å². The van der Waals surface area contributed by atoms with Crippen LogP contribution < -0.4 is 5.32 Å². The number of ether oxygens (including phenoxy) is 1. The first-order chi connectivity index (χ1) is 15.4. The Kier molecular flexibility index (Phi) is 5.93. The minimum absolute atomic E-state index is 0.0318. The van der Waals surface area contributed by atoms with E-state index in [4.69, 9.17) is 16.3 Å². The molecular formula is C22H14ClFN2O5S. The Labute approximate surface area is 189 Å². The van der Waals surface area contributed by atoms with E-state index in [0.717, 1.165) is 23.5 Å². The Morgan fingerprint density at radius 3 is 2.56 bits per heavy atom. The third-order valence-corrected chi connectivity index (χ3v) is 5.74. The number of imide groups is 1. The van der Waals surface area contributed by atoms with Crippen LogP contribution in [0.5, 0.6) is 5.88 Å². The maximum absolute atomic E-state index is 14.1. The average molecular weight is 473 g/mol. The van der Waals surface area contributed by atoms with E-state index in [1.54, 1.807) is 41.8 Å². The maximum atomic E-state index is 14.1. The summed E-state index contributed by atoms with van der Waals surface area (Å²) in [4.78, 5) is 38.1. The largest absolute Gasteiger partial charge is 0.494 e. The van der Waals surface area contributed by atoms with Crippen molar-refractivity contribution in [3.05, 3.63) is 86.8 Å². The molecule has 0 saturated carbocycles. The lowest BCUT2D eigenvalue weighted by molar-refractivity contribution is 0.104. The van der Waals surface area contributed by atoms with Crippen molar-refractivity contribution < 1.29 is 28.6 Å². The predicted octanol–water partition coefficient (Wildman–Crippen LogP) is 5.33. The second-order valence-corrected chi connectivity index (χ2v) is 7.97. The molecule has 2 amide bonds. The topological polar surface area (TPSA) is 97.6 Å². The summed E-state index contributed by atoms with van der Waals surface area (Å²) < 4.78 is 19.8. The van der Waals surface area contributed by atoms with E-state index in [0.29, 0.717) is 10.1 Å². The highest BCUT2D eigenvalue weighted by Crippen LogP contribution is 2.36. The first kappa shape index (κ1) is 21.5. The van der Waals surface area contributed by atoms with E-state index in [2.05, 4.69) is 0 Å². The zero-order valence-corrected chi connectivity index (χ0v) is 17.7. The molecule has 0 spiro atoms. The molecule has 4 aromatic rings. The summed E-state index contributed by atoms with van der Waals surface area (Å²) in [5, 5.41) is 14.0. The van der Waals surface area contributed by atoms with E-state index >= 15 is 0 Å². The zero-order chi connectivity index (χ0) is 22.8. The number of hydrogen-bond donors (Lipinski definition) is 2. The van der Waals surface area contributed by atoms with E-state index in [-0.39, 0.29) is 33.0 Å². The van der Waals surface area contributed by atoms with Crippen molar-refractivity contribution in [2.75, 3.05) is 0 Å². The quantitative estimate of drug-likeness (QED) is 0.391. The Balaban J connectivity index is 1.68. The average Bonchev–Trinajstić information content (AvgIpc) is 3.39. The first-order valence-electron chi connectivity index (χ1n) is 9.19. The number of carbonyl (C=O) groups excluding carboxylic acids is 3. The van der Waals surface area contributed by atoms with Gasteiger partial charge in [-0.1, -0.05) is 48.0 Å². The molecule has 2 aromatic heterocycles. The van der Waals surface area contributed by atoms with Gasteiger partial charge in [0.15, 0.2) is 0 Å². The van der Waals surface area contributed by atoms with Crippen LogP contribution in [0.1, 0.15) is 20.8 Å². The number of amides is 2. The molecule has 32 heavy (non-hydrogen) atoms. The molecule has 0 fully saturated rings. The monoisotopic (exact) mass is 472 g/mol. The number of hydrogen-bond acceptors (Lipinski definition) is 6. The van der Waals surface area contributed by atoms with Gasteiger partial charge in [-0.3, -0.25) is 4.79 Å². The molecule has 0 unspecified atom stereocenters. The Morgan fingerprint density at radius 1 is 1.12 bits per heavy atom. The SMILES string of the molecule is O=C(NC(=O)n1c(O)c(C(=O)c2cccs2)c2cc(F)c(Cl)cc21)OCc1ccccc1. The molecule has 0 radical (unpaired) electrons. The number of ketones is 1. The number of rotatable bonds is 4. The summed E-state index contributed by atoms with van der Waals surface area (Å²) >= 11 is 6.97. The molecule has 2 aromatic carbocycles. The highest BCUT2D eigenvalue weighted by Gasteiger charge is 2.28. The molecule has 2 heterocycles. The standard InChI is InChI=1S/C22H14ClFN2O5S/c23-14-10-16-13(9-15(14)24)18(19(27)17-7-4-8-32-17)20(28)26(16)21(29)25-22(30)31-11-12-5-2-1-3-6-12/h1-10,28H,11H2,(H,25,29,30). The van der Waals surface area contributed by atoms with Gasteiger partial charge in [0.1, 0.15) is 12.4 Å². The minimum Gasteiger partial charge on any atom is -0.494 e. The van der Waals surface area contributed by atoms with Crippen LogP contribution in [0, 0.1) is 5.82 Å². The van der Waals surface area contributed by atoms with Crippen LogP contribution in [0.3, 0.4) is 0 Å². The van der Waals surface area contributed by atoms with Crippen molar-refractivity contribution in [2.45, 2.75) is 6.61 Å². The molecule has 10 heteroatoms. The minimum atomic E-state index is -1.10. The fourth-order valence-electron chi connectivity index (χ4n) is 3.13. The lowest BCUT2D eigenvalue weighted by atomic mass is 10.1. The predicted molar refractivity (Wildman–Crippen MR) is 117 cm³/mol. The molecule has 4 rings (SSSR count). The van der Waals surface area contributed by atoms with E-state index in [1.807, 2.05) is 5.32 Å². The van der Waals surface area contributed by atoms with Crippen LogP contribution in [-0.4, -0.2) is 27.6 Å². The summed E-state index contributed by atoms with van der Waals surface area (Å²) in [6, 6.07) is 12.9. The molecule has 0 bridgehead atoms. The van der Waals surface area contributed by atoms with E-state index < -0.39 is 29.6 Å². The van der Waals surface area contributed by atoms with Crippen LogP contribution >= 0.6 is 22.9 Å². The second-order valence-electron chi connectivity index (χ2n) is 6.62. The van der Waals surface area contributed by atoms with E-state index in [9.17, 15) is 23.9 Å². The Bertz CT molecular complexity index is 1340. The molecule has 0 aliphatic rings. The van der Waals surface area contributed by atoms with Crippen LogP contribution in [0.25, 0.3) is 10.9 Å². The van der Waals surface area contributed by atoms with Gasteiger partial charge in [0.25, 0.3) is 0 Å². The van der Waals surface area contributed by atoms with Crippen molar-refractivity contribution >= 4 is 51.7 Å². The number of nitrogens with zero attached hydrogens (tertiary/aromatic N) is 1. The molecule has 0 aliphatic heterocycles. The summed E-state index contributed by atoms with van der Waals surface area (Å²) in [5.74, 6) is -2.20. The highest BCUT2D eigenvalue weighted by molar-refractivity contribution is 7.12. The normalized spacial score (nSPS) is 10.8. The number of fused-ring (bicyclic) bond motifs is 1. The molecule has 162 valence electrons. The van der Waals surface area contributed by atoms with Crippen molar-refractivity contribution in [1.29, 1.82) is 0 Å². The van der Waals surface area contributed by atoms with Crippen LogP contribution in [0.4, 0.5) is 14.0 Å². The fourth-order valence-corrected chi connectivity index (χ4v) is 3.96. The number of halogens is 2. The number of aromatic hydroxyl groups is 1. The molecule has 0 aliphatic carbocycles. The van der Waals surface area contributed by atoms with Crippen LogP contribution in [0.2, 0.25) is 5.02 Å². The molecule has 2 N–H and O–H groups in total. The van der Waals surface area contributed by atoms with Gasteiger partial charge in [0, 0.05) is 5.39 Å². The van der Waals surface area contributed by atoms with Gasteiger partial charge in [0.05, 0.1) is 21.0 Å². The third-order valence-electron chi connectivity index (χ3n) is 4.58. The summed E-state index contributed by atoms with van der Waals surface area (Å²) in [7, 11) is 0. The number of nitrogens with one attached hydrogen (secondary N) is 1. The summed E-state index contributed by atoms with van der Waals surface area (Å²) in [6.45, 7) is -0.0858. The van der Waals surface area contributed by atoms with Gasteiger partial charge in [-0.25, -0.2) is 23.9 Å². The lowest BCUT2D eigenvalue weighted by Gasteiger charge is -2.09. The van der Waals surface area contributed by atoms with Crippen LogP contribution in [-0.2, 0) is 11.3 Å². The number of carbonyl (C=O) groups is 3. The van der Waals surface area contributed by atoms with Gasteiger partial charge in [0.2, 0.25) is 11.7 Å². The molecular weight excluding hydrogens is 459 g/mol. The smallest absolute Gasteiger partial charge is 0.415 e. The van der Waals surface area contributed by atoms with Crippen LogP contribution in [0.15, 0.2) is 60.0 Å². The molecule has 0 saturated heterocycles. The lowest BCUT2D eigenvalue weighted by Crippen LogP contribution is -2.34. The van der Waals surface area contributed by atoms with Gasteiger partial charge in [-0.15, -0.1) is 11.3 Å².